The maximum Gasteiger partial charge on any atom is 0.343 e. The van der Waals surface area contributed by atoms with Crippen LogP contribution >= 0.6 is 0 Å². The molecule has 1 amide bonds. The lowest BCUT2D eigenvalue weighted by atomic mass is 10.1. The van der Waals surface area contributed by atoms with E-state index >= 15 is 0 Å². The molecule has 30 heavy (non-hydrogen) atoms. The van der Waals surface area contributed by atoms with Gasteiger partial charge < -0.3 is 9.47 Å². The molecule has 0 radical (unpaired) electrons. The van der Waals surface area contributed by atoms with E-state index in [0.29, 0.717) is 29.0 Å². The third kappa shape index (κ3) is 2.93. The van der Waals surface area contributed by atoms with E-state index in [-0.39, 0.29) is 17.7 Å². The van der Waals surface area contributed by atoms with Crippen molar-refractivity contribution in [2.45, 2.75) is 12.5 Å². The molecule has 3 aromatic rings. The van der Waals surface area contributed by atoms with Crippen LogP contribution in [0.4, 0.5) is 11.4 Å². The summed E-state index contributed by atoms with van der Waals surface area (Å²) < 4.78 is 11.0. The maximum absolute atomic E-state index is 13.4. The first-order valence-electron chi connectivity index (χ1n) is 9.60. The Kier molecular flexibility index (Phi) is 4.32. The van der Waals surface area contributed by atoms with Crippen molar-refractivity contribution in [1.29, 1.82) is 0 Å². The predicted molar refractivity (Wildman–Crippen MR) is 113 cm³/mol. The molecule has 3 aromatic carbocycles. The molecule has 0 saturated heterocycles. The molecule has 0 aromatic heterocycles. The van der Waals surface area contributed by atoms with Crippen molar-refractivity contribution < 1.29 is 19.1 Å². The highest BCUT2D eigenvalue weighted by Gasteiger charge is 2.36. The summed E-state index contributed by atoms with van der Waals surface area (Å²) in [4.78, 5) is 32.2. The number of hydrogen-bond acceptors (Lipinski definition) is 5. The molecule has 2 aliphatic rings. The average molecular weight is 398 g/mol. The van der Waals surface area contributed by atoms with E-state index in [4.69, 9.17) is 9.47 Å². The fourth-order valence-electron chi connectivity index (χ4n) is 3.89. The van der Waals surface area contributed by atoms with Gasteiger partial charge in [0.15, 0.2) is 11.5 Å². The number of esters is 1. The van der Waals surface area contributed by atoms with Crippen LogP contribution in [0.25, 0.3) is 0 Å². The minimum atomic E-state index is -0.507. The zero-order chi connectivity index (χ0) is 20.7. The summed E-state index contributed by atoms with van der Waals surface area (Å²) in [7, 11) is 1.47. The molecule has 5 rings (SSSR count). The van der Waals surface area contributed by atoms with Crippen molar-refractivity contribution in [2.24, 2.45) is 4.99 Å². The lowest BCUT2D eigenvalue weighted by Gasteiger charge is -2.21. The molecule has 0 unspecified atom stereocenters. The van der Waals surface area contributed by atoms with Crippen LogP contribution in [0, 0.1) is 0 Å². The van der Waals surface area contributed by atoms with Crippen molar-refractivity contribution in [3.05, 3.63) is 83.4 Å². The fraction of sp³-hybridized carbons (Fsp3) is 0.125. The first-order valence-corrected chi connectivity index (χ1v) is 9.60. The SMILES string of the molecule is COc1cc2c(cc1OC(=O)c1ccccc1)N=C[C@@H]1Cc3ccccc3N1C2=O. The Hall–Kier alpha value is -3.93. The number of anilines is 1. The van der Waals surface area contributed by atoms with Crippen LogP contribution in [-0.2, 0) is 6.42 Å². The van der Waals surface area contributed by atoms with Crippen molar-refractivity contribution in [3.8, 4) is 11.5 Å². The van der Waals surface area contributed by atoms with Crippen LogP contribution in [0.2, 0.25) is 0 Å². The van der Waals surface area contributed by atoms with Gasteiger partial charge in [-0.25, -0.2) is 4.79 Å². The highest BCUT2D eigenvalue weighted by atomic mass is 16.6. The van der Waals surface area contributed by atoms with E-state index < -0.39 is 5.97 Å². The standard InChI is InChI=1S/C24H18N2O4/c1-29-21-12-18-19(13-22(21)30-24(28)15-7-3-2-4-8-15)25-14-17-11-16-9-5-6-10-20(16)26(17)23(18)27/h2-10,12-14,17H,11H2,1H3/t17-/m0/s1. The molecule has 0 aliphatic carbocycles. The van der Waals surface area contributed by atoms with Crippen molar-refractivity contribution in [2.75, 3.05) is 12.0 Å². The summed E-state index contributed by atoms with van der Waals surface area (Å²) in [5.74, 6) is -0.144. The zero-order valence-corrected chi connectivity index (χ0v) is 16.2. The van der Waals surface area contributed by atoms with Crippen LogP contribution < -0.4 is 14.4 Å². The Morgan fingerprint density at radius 2 is 1.80 bits per heavy atom. The van der Waals surface area contributed by atoms with Crippen molar-refractivity contribution in [3.63, 3.8) is 0 Å². The van der Waals surface area contributed by atoms with Crippen LogP contribution in [-0.4, -0.2) is 31.2 Å². The number of carbonyl (C=O) groups is 2. The molecular formula is C24H18N2O4. The average Bonchev–Trinajstić information content (AvgIpc) is 3.10. The van der Waals surface area contributed by atoms with Gasteiger partial charge in [0.25, 0.3) is 5.91 Å². The quantitative estimate of drug-likeness (QED) is 0.490. The normalized spacial score (nSPS) is 16.4. The number of carbonyl (C=O) groups excluding carboxylic acids is 2. The van der Waals surface area contributed by atoms with Gasteiger partial charge in [0.05, 0.1) is 30.0 Å². The third-order valence-corrected chi connectivity index (χ3v) is 5.34. The van der Waals surface area contributed by atoms with Gasteiger partial charge in [-0.2, -0.15) is 0 Å². The summed E-state index contributed by atoms with van der Waals surface area (Å²) >= 11 is 0. The number of fused-ring (bicyclic) bond motifs is 4. The Balaban J connectivity index is 1.53. The fourth-order valence-corrected chi connectivity index (χ4v) is 3.89. The highest BCUT2D eigenvalue weighted by molar-refractivity contribution is 6.14. The molecule has 6 nitrogen and oxygen atoms in total. The van der Waals surface area contributed by atoms with Gasteiger partial charge in [0.2, 0.25) is 0 Å². The van der Waals surface area contributed by atoms with Gasteiger partial charge in [-0.05, 0) is 29.8 Å². The second kappa shape index (κ2) is 7.15. The molecule has 0 spiro atoms. The minimum Gasteiger partial charge on any atom is -0.493 e. The number of para-hydroxylation sites is 1. The zero-order valence-electron chi connectivity index (χ0n) is 16.2. The molecule has 0 fully saturated rings. The summed E-state index contributed by atoms with van der Waals surface area (Å²) in [6.45, 7) is 0. The number of hydrogen-bond donors (Lipinski definition) is 0. The van der Waals surface area contributed by atoms with Crippen LogP contribution in [0.1, 0.15) is 26.3 Å². The lowest BCUT2D eigenvalue weighted by molar-refractivity contribution is 0.0730. The Morgan fingerprint density at radius 1 is 1.03 bits per heavy atom. The number of nitrogens with zero attached hydrogens (tertiary/aromatic N) is 2. The number of ether oxygens (including phenoxy) is 2. The predicted octanol–water partition coefficient (Wildman–Crippen LogP) is 4.20. The summed E-state index contributed by atoms with van der Waals surface area (Å²) in [6, 6.07) is 19.6. The topological polar surface area (TPSA) is 68.2 Å². The molecule has 0 saturated carbocycles. The highest BCUT2D eigenvalue weighted by Crippen LogP contribution is 2.40. The van der Waals surface area contributed by atoms with E-state index in [1.165, 1.54) is 7.11 Å². The first-order chi connectivity index (χ1) is 14.7. The Morgan fingerprint density at radius 3 is 2.60 bits per heavy atom. The Bertz CT molecular complexity index is 1190. The molecule has 6 heteroatoms. The number of aliphatic imine (C=N–C) groups is 1. The van der Waals surface area contributed by atoms with Gasteiger partial charge in [-0.15, -0.1) is 0 Å². The van der Waals surface area contributed by atoms with Crippen molar-refractivity contribution >= 4 is 29.5 Å². The van der Waals surface area contributed by atoms with Gasteiger partial charge in [-0.1, -0.05) is 36.4 Å². The van der Waals surface area contributed by atoms with Crippen LogP contribution in [0.15, 0.2) is 71.7 Å². The third-order valence-electron chi connectivity index (χ3n) is 5.34. The van der Waals surface area contributed by atoms with Crippen LogP contribution in [0.5, 0.6) is 11.5 Å². The molecule has 0 bridgehead atoms. The second-order valence-electron chi connectivity index (χ2n) is 7.13. The van der Waals surface area contributed by atoms with E-state index in [2.05, 4.69) is 4.99 Å². The van der Waals surface area contributed by atoms with Gasteiger partial charge in [-0.3, -0.25) is 14.7 Å². The largest absolute Gasteiger partial charge is 0.493 e. The molecule has 1 atom stereocenters. The molecule has 2 aliphatic heterocycles. The summed E-state index contributed by atoms with van der Waals surface area (Å²) in [6.07, 6.45) is 2.49. The Labute approximate surface area is 173 Å². The van der Waals surface area contributed by atoms with E-state index in [1.54, 1.807) is 47.5 Å². The summed E-state index contributed by atoms with van der Waals surface area (Å²) in [5, 5.41) is 0. The van der Waals surface area contributed by atoms with Gasteiger partial charge in [0.1, 0.15) is 0 Å². The minimum absolute atomic E-state index is 0.149. The first kappa shape index (κ1) is 18.1. The molecule has 2 heterocycles. The van der Waals surface area contributed by atoms with Crippen molar-refractivity contribution in [1.82, 2.24) is 0 Å². The smallest absolute Gasteiger partial charge is 0.343 e. The number of amides is 1. The van der Waals surface area contributed by atoms with Gasteiger partial charge >= 0.3 is 5.97 Å². The number of benzene rings is 3. The molecular weight excluding hydrogens is 380 g/mol. The second-order valence-corrected chi connectivity index (χ2v) is 7.13. The summed E-state index contributed by atoms with van der Waals surface area (Å²) in [5.41, 5.74) is 3.29. The molecule has 148 valence electrons. The number of rotatable bonds is 3. The van der Waals surface area contributed by atoms with Crippen LogP contribution in [0.3, 0.4) is 0 Å². The van der Waals surface area contributed by atoms with E-state index in [0.717, 1.165) is 11.3 Å². The van der Waals surface area contributed by atoms with Gasteiger partial charge in [0, 0.05) is 24.4 Å². The molecule has 0 N–H and O–H groups in total. The van der Waals surface area contributed by atoms with E-state index in [9.17, 15) is 9.59 Å². The maximum atomic E-state index is 13.4. The lowest BCUT2D eigenvalue weighted by Crippen LogP contribution is -2.37. The monoisotopic (exact) mass is 398 g/mol. The number of methoxy groups -OCH3 is 1. The van der Waals surface area contributed by atoms with E-state index in [1.807, 2.05) is 30.3 Å².